The van der Waals surface area contributed by atoms with E-state index in [-0.39, 0.29) is 0 Å². The molecule has 3 nitrogen and oxygen atoms in total. The first-order valence-electron chi connectivity index (χ1n) is 4.80. The van der Waals surface area contributed by atoms with E-state index in [0.29, 0.717) is 0 Å². The van der Waals surface area contributed by atoms with Gasteiger partial charge < -0.3 is 4.52 Å². The van der Waals surface area contributed by atoms with Gasteiger partial charge in [-0.25, -0.2) is 0 Å². The molecule has 14 heavy (non-hydrogen) atoms. The molecule has 0 saturated carbocycles. The maximum absolute atomic E-state index is 5.37. The minimum atomic E-state index is -1.05. The molecule has 0 radical (unpaired) electrons. The molecule has 0 aliphatic carbocycles. The highest BCUT2D eigenvalue weighted by Crippen LogP contribution is 2.37. The SMILES string of the molecule is CCCCc1cccc(Op2oo2)c1. The van der Waals surface area contributed by atoms with E-state index in [9.17, 15) is 0 Å². The van der Waals surface area contributed by atoms with E-state index in [1.165, 1.54) is 18.4 Å². The van der Waals surface area contributed by atoms with E-state index >= 15 is 0 Å². The molecule has 0 atom stereocenters. The molecule has 1 aromatic carbocycles. The predicted octanol–water partition coefficient (Wildman–Crippen LogP) is 4.04. The zero-order chi connectivity index (χ0) is 9.80. The second-order valence-electron chi connectivity index (χ2n) is 3.21. The summed E-state index contributed by atoms with van der Waals surface area (Å²) in [5.41, 5.74) is 1.31. The Morgan fingerprint density at radius 3 is 2.93 bits per heavy atom. The van der Waals surface area contributed by atoms with Crippen LogP contribution in [0, 0.1) is 0 Å². The van der Waals surface area contributed by atoms with Crippen molar-refractivity contribution in [2.75, 3.05) is 0 Å². The van der Waals surface area contributed by atoms with Gasteiger partial charge in [0.15, 0.2) is 0 Å². The normalized spacial score (nSPS) is 10.6. The molecule has 0 N–H and O–H groups in total. The van der Waals surface area contributed by atoms with E-state index in [4.69, 9.17) is 4.52 Å². The first-order chi connectivity index (χ1) is 6.88. The standard InChI is InChI=1S/C10H13O3P/c1-2-3-5-9-6-4-7-10(8-9)11-14-12-13-14/h4,6-8H,2-3,5H2,1H3. The van der Waals surface area contributed by atoms with Crippen molar-refractivity contribution in [2.24, 2.45) is 0 Å². The highest BCUT2D eigenvalue weighted by Gasteiger charge is 2.10. The smallest absolute Gasteiger partial charge is 0.387 e. The van der Waals surface area contributed by atoms with Gasteiger partial charge in [0.25, 0.3) is 0 Å². The van der Waals surface area contributed by atoms with Gasteiger partial charge in [-0.05, 0) is 30.5 Å². The van der Waals surface area contributed by atoms with Gasteiger partial charge in [0.2, 0.25) is 0 Å². The van der Waals surface area contributed by atoms with Crippen LogP contribution < -0.4 is 4.52 Å². The van der Waals surface area contributed by atoms with E-state index in [0.717, 1.165) is 12.2 Å². The number of benzene rings is 1. The molecule has 0 fully saturated rings. The van der Waals surface area contributed by atoms with Gasteiger partial charge in [0.1, 0.15) is 5.75 Å². The van der Waals surface area contributed by atoms with Crippen molar-refractivity contribution >= 4 is 8.24 Å². The summed E-state index contributed by atoms with van der Waals surface area (Å²) in [7, 11) is -1.05. The van der Waals surface area contributed by atoms with Crippen molar-refractivity contribution in [2.45, 2.75) is 26.2 Å². The van der Waals surface area contributed by atoms with Crippen LogP contribution in [0.4, 0.5) is 0 Å². The second kappa shape index (κ2) is 4.43. The fraction of sp³-hybridized carbons (Fsp3) is 0.400. The summed E-state index contributed by atoms with van der Waals surface area (Å²) in [4.78, 5) is 0. The zero-order valence-electron chi connectivity index (χ0n) is 8.10. The van der Waals surface area contributed by atoms with Gasteiger partial charge in [-0.15, -0.1) is 0 Å². The van der Waals surface area contributed by atoms with Crippen LogP contribution in [-0.2, 0) is 6.42 Å². The molecule has 76 valence electrons. The lowest BCUT2D eigenvalue weighted by Crippen LogP contribution is -1.85. The third-order valence-corrected chi connectivity index (χ3v) is 2.66. The highest BCUT2D eigenvalue weighted by molar-refractivity contribution is 7.34. The van der Waals surface area contributed by atoms with Crippen LogP contribution in [0.3, 0.4) is 0 Å². The average molecular weight is 212 g/mol. The van der Waals surface area contributed by atoms with Crippen LogP contribution >= 0.6 is 8.24 Å². The number of hydrogen-bond acceptors (Lipinski definition) is 3. The molecule has 0 unspecified atom stereocenters. The Hall–Kier alpha value is -1.08. The fourth-order valence-corrected chi connectivity index (χ4v) is 1.72. The minimum Gasteiger partial charge on any atom is -0.387 e. The lowest BCUT2D eigenvalue weighted by atomic mass is 10.1. The molecule has 0 saturated heterocycles. The van der Waals surface area contributed by atoms with Crippen molar-refractivity contribution < 1.29 is 13.2 Å². The molecular formula is C10H13O3P. The van der Waals surface area contributed by atoms with Crippen molar-refractivity contribution in [1.29, 1.82) is 0 Å². The lowest BCUT2D eigenvalue weighted by Gasteiger charge is -2.01. The summed E-state index contributed by atoms with van der Waals surface area (Å²) >= 11 is 0. The van der Waals surface area contributed by atoms with Crippen LogP contribution in [0.25, 0.3) is 0 Å². The Morgan fingerprint density at radius 2 is 2.21 bits per heavy atom. The zero-order valence-corrected chi connectivity index (χ0v) is 9.00. The monoisotopic (exact) mass is 212 g/mol. The van der Waals surface area contributed by atoms with Crippen molar-refractivity contribution in [3.63, 3.8) is 0 Å². The third kappa shape index (κ3) is 2.71. The third-order valence-electron chi connectivity index (χ3n) is 2.03. The Bertz CT molecular complexity index is 363. The number of rotatable bonds is 5. The van der Waals surface area contributed by atoms with Gasteiger partial charge in [-0.1, -0.05) is 25.5 Å². The molecule has 0 aliphatic rings. The number of hydrogen-bond donors (Lipinski definition) is 0. The Labute approximate surface area is 83.9 Å². The van der Waals surface area contributed by atoms with Gasteiger partial charge in [0, 0.05) is 0 Å². The van der Waals surface area contributed by atoms with Gasteiger partial charge in [-0.3, -0.25) is 0 Å². The first kappa shape index (κ1) is 9.47. The van der Waals surface area contributed by atoms with Crippen LogP contribution in [-0.4, -0.2) is 0 Å². The summed E-state index contributed by atoms with van der Waals surface area (Å²) in [6, 6.07) is 8.08. The van der Waals surface area contributed by atoms with Crippen LogP contribution in [0.1, 0.15) is 25.3 Å². The lowest BCUT2D eigenvalue weighted by molar-refractivity contribution is 0.264. The quantitative estimate of drug-likeness (QED) is 0.701. The molecule has 1 heterocycles. The summed E-state index contributed by atoms with van der Waals surface area (Å²) in [5.74, 6) is 0.835. The van der Waals surface area contributed by atoms with E-state index < -0.39 is 8.24 Å². The van der Waals surface area contributed by atoms with E-state index in [1.807, 2.05) is 18.2 Å². The summed E-state index contributed by atoms with van der Waals surface area (Å²) in [6.07, 6.45) is 3.53. The summed E-state index contributed by atoms with van der Waals surface area (Å²) in [6.45, 7) is 2.19. The average Bonchev–Trinajstić information content (AvgIpc) is 2.99. The maximum atomic E-state index is 5.37. The Balaban J connectivity index is 1.99. The molecule has 0 aliphatic heterocycles. The largest absolute Gasteiger partial charge is 0.529 e. The van der Waals surface area contributed by atoms with Crippen LogP contribution in [0.2, 0.25) is 0 Å². The Morgan fingerprint density at radius 1 is 1.36 bits per heavy atom. The van der Waals surface area contributed by atoms with Gasteiger partial charge in [-0.2, -0.15) is 8.71 Å². The molecule has 2 aromatic rings. The minimum absolute atomic E-state index is 0.835. The predicted molar refractivity (Wildman–Crippen MR) is 54.8 cm³/mol. The van der Waals surface area contributed by atoms with E-state index in [2.05, 4.69) is 21.7 Å². The molecular weight excluding hydrogens is 199 g/mol. The van der Waals surface area contributed by atoms with E-state index in [1.54, 1.807) is 0 Å². The summed E-state index contributed by atoms with van der Waals surface area (Å²) < 4.78 is 14.5. The Kier molecular flexibility index (Phi) is 3.00. The van der Waals surface area contributed by atoms with Gasteiger partial charge >= 0.3 is 8.24 Å². The van der Waals surface area contributed by atoms with Gasteiger partial charge in [0.05, 0.1) is 0 Å². The molecule has 1 aromatic heterocycles. The van der Waals surface area contributed by atoms with Crippen LogP contribution in [0.15, 0.2) is 33.0 Å². The summed E-state index contributed by atoms with van der Waals surface area (Å²) in [5, 5.41) is 0. The second-order valence-corrected chi connectivity index (χ2v) is 4.14. The molecule has 4 heteroatoms. The maximum Gasteiger partial charge on any atom is 0.529 e. The molecule has 0 spiro atoms. The fourth-order valence-electron chi connectivity index (χ4n) is 1.27. The highest BCUT2D eigenvalue weighted by atomic mass is 31.1. The van der Waals surface area contributed by atoms with Crippen LogP contribution in [0.5, 0.6) is 5.75 Å². The molecule has 0 bridgehead atoms. The van der Waals surface area contributed by atoms with Crippen molar-refractivity contribution in [3.05, 3.63) is 29.8 Å². The van der Waals surface area contributed by atoms with Crippen molar-refractivity contribution in [3.8, 4) is 5.75 Å². The molecule has 2 rings (SSSR count). The van der Waals surface area contributed by atoms with Crippen molar-refractivity contribution in [1.82, 2.24) is 0 Å². The first-order valence-corrected chi connectivity index (χ1v) is 5.90. The topological polar surface area (TPSA) is 35.5 Å². The number of unbranched alkanes of at least 4 members (excludes halogenated alkanes) is 1. The molecule has 0 amide bonds. The number of aryl methyl sites for hydroxylation is 1.